The number of carbonyl (C=O) groups excluding carboxylic acids is 2. The highest BCUT2D eigenvalue weighted by Gasteiger charge is 2.36. The summed E-state index contributed by atoms with van der Waals surface area (Å²) in [5, 5.41) is 0. The molecule has 2 heterocycles. The van der Waals surface area contributed by atoms with Gasteiger partial charge in [-0.3, -0.25) is 9.59 Å². The van der Waals surface area contributed by atoms with Crippen molar-refractivity contribution in [3.05, 3.63) is 54.0 Å². The predicted molar refractivity (Wildman–Crippen MR) is 133 cm³/mol. The van der Waals surface area contributed by atoms with Crippen LogP contribution in [0.3, 0.4) is 0 Å². The third kappa shape index (κ3) is 5.90. The molecule has 1 aromatic heterocycles. The molecule has 0 atom stereocenters. The molecule has 2 aliphatic rings. The lowest BCUT2D eigenvalue weighted by Gasteiger charge is -2.41. The Morgan fingerprint density at radius 1 is 1.09 bits per heavy atom. The van der Waals surface area contributed by atoms with Crippen LogP contribution in [0.5, 0.6) is 0 Å². The number of furan rings is 1. The lowest BCUT2D eigenvalue weighted by atomic mass is 9.69. The molecule has 1 saturated heterocycles. The van der Waals surface area contributed by atoms with Crippen molar-refractivity contribution in [2.24, 2.45) is 5.41 Å². The van der Waals surface area contributed by atoms with E-state index in [1.165, 1.54) is 31.9 Å². The standard InChI is InChI=1S/C28H38N2O4/c1-22-8-10-23(11-9-22)30(27(32)25-7-6-20-34-25)24-12-17-29(18-13-24)19-16-28(21-26(31)33-2)14-4-3-5-15-28/h6-11,20,24H,3-5,12-19,21H2,1-2H3. The Morgan fingerprint density at radius 2 is 1.79 bits per heavy atom. The normalized spacial score (nSPS) is 19.0. The Bertz CT molecular complexity index is 924. The van der Waals surface area contributed by atoms with Crippen LogP contribution in [0, 0.1) is 12.3 Å². The summed E-state index contributed by atoms with van der Waals surface area (Å²) in [6.45, 7) is 4.96. The van der Waals surface area contributed by atoms with Crippen molar-refractivity contribution < 1.29 is 18.7 Å². The minimum atomic E-state index is -0.0780. The molecule has 0 radical (unpaired) electrons. The molecule has 6 nitrogen and oxygen atoms in total. The molecular weight excluding hydrogens is 428 g/mol. The molecular formula is C28H38N2O4. The number of ether oxygens (including phenoxy) is 1. The predicted octanol–water partition coefficient (Wildman–Crippen LogP) is 5.60. The molecule has 0 N–H and O–H groups in total. The number of hydrogen-bond donors (Lipinski definition) is 0. The smallest absolute Gasteiger partial charge is 0.306 e. The van der Waals surface area contributed by atoms with Gasteiger partial charge in [-0.15, -0.1) is 0 Å². The summed E-state index contributed by atoms with van der Waals surface area (Å²) in [5.41, 5.74) is 2.18. The second kappa shape index (κ2) is 11.2. The monoisotopic (exact) mass is 466 g/mol. The van der Waals surface area contributed by atoms with E-state index in [1.807, 2.05) is 17.0 Å². The topological polar surface area (TPSA) is 63.0 Å². The van der Waals surface area contributed by atoms with Crippen LogP contribution >= 0.6 is 0 Å². The minimum Gasteiger partial charge on any atom is -0.469 e. The Balaban J connectivity index is 1.39. The van der Waals surface area contributed by atoms with Gasteiger partial charge in [0.15, 0.2) is 5.76 Å². The summed E-state index contributed by atoms with van der Waals surface area (Å²) in [7, 11) is 1.49. The molecule has 1 aromatic carbocycles. The van der Waals surface area contributed by atoms with Crippen LogP contribution in [0.1, 0.15) is 73.9 Å². The molecule has 6 heteroatoms. The van der Waals surface area contributed by atoms with E-state index in [4.69, 9.17) is 9.15 Å². The van der Waals surface area contributed by atoms with Crippen LogP contribution in [0.15, 0.2) is 47.1 Å². The molecule has 1 aliphatic carbocycles. The Hall–Kier alpha value is -2.60. The molecule has 1 saturated carbocycles. The van der Waals surface area contributed by atoms with E-state index in [9.17, 15) is 9.59 Å². The van der Waals surface area contributed by atoms with E-state index in [2.05, 4.69) is 24.0 Å². The quantitative estimate of drug-likeness (QED) is 0.474. The summed E-state index contributed by atoms with van der Waals surface area (Å²) >= 11 is 0. The average Bonchev–Trinajstić information content (AvgIpc) is 3.41. The van der Waals surface area contributed by atoms with Crippen molar-refractivity contribution in [2.75, 3.05) is 31.6 Å². The van der Waals surface area contributed by atoms with Crippen LogP contribution in [0.4, 0.5) is 5.69 Å². The van der Waals surface area contributed by atoms with Gasteiger partial charge in [0.25, 0.3) is 5.91 Å². The summed E-state index contributed by atoms with van der Waals surface area (Å²) in [5.74, 6) is 0.224. The van der Waals surface area contributed by atoms with Crippen molar-refractivity contribution in [3.8, 4) is 0 Å². The fourth-order valence-corrected chi connectivity index (χ4v) is 5.71. The van der Waals surface area contributed by atoms with Crippen molar-refractivity contribution in [1.82, 2.24) is 4.90 Å². The summed E-state index contributed by atoms with van der Waals surface area (Å²) in [6.07, 6.45) is 10.9. The minimum absolute atomic E-state index is 0.0773. The third-order valence-corrected chi connectivity index (χ3v) is 7.80. The van der Waals surface area contributed by atoms with Crippen LogP contribution in [-0.4, -0.2) is 49.6 Å². The van der Waals surface area contributed by atoms with Gasteiger partial charge in [0.2, 0.25) is 0 Å². The van der Waals surface area contributed by atoms with E-state index in [0.717, 1.165) is 57.4 Å². The number of esters is 1. The number of nitrogens with zero attached hydrogens (tertiary/aromatic N) is 2. The lowest BCUT2D eigenvalue weighted by Crippen LogP contribution is -2.48. The Labute approximate surface area is 203 Å². The van der Waals surface area contributed by atoms with Gasteiger partial charge in [0, 0.05) is 24.8 Å². The summed E-state index contributed by atoms with van der Waals surface area (Å²) < 4.78 is 10.5. The number of amides is 1. The van der Waals surface area contributed by atoms with Crippen LogP contribution < -0.4 is 4.90 Å². The second-order valence-electron chi connectivity index (χ2n) is 10.1. The Morgan fingerprint density at radius 3 is 2.41 bits per heavy atom. The molecule has 1 amide bonds. The highest BCUT2D eigenvalue weighted by atomic mass is 16.5. The average molecular weight is 467 g/mol. The molecule has 184 valence electrons. The zero-order valence-electron chi connectivity index (χ0n) is 20.6. The fraction of sp³-hybridized carbons (Fsp3) is 0.571. The van der Waals surface area contributed by atoms with Crippen molar-refractivity contribution in [2.45, 2.75) is 70.8 Å². The highest BCUT2D eigenvalue weighted by Crippen LogP contribution is 2.43. The largest absolute Gasteiger partial charge is 0.469 e. The summed E-state index contributed by atoms with van der Waals surface area (Å²) in [6, 6.07) is 11.8. The third-order valence-electron chi connectivity index (χ3n) is 7.80. The van der Waals surface area contributed by atoms with Crippen molar-refractivity contribution in [3.63, 3.8) is 0 Å². The van der Waals surface area contributed by atoms with E-state index < -0.39 is 0 Å². The SMILES string of the molecule is COC(=O)CC1(CCN2CCC(N(C(=O)c3ccco3)c3ccc(C)cc3)CC2)CCCCC1. The number of likely N-dealkylation sites (tertiary alicyclic amines) is 1. The number of benzene rings is 1. The molecule has 0 bridgehead atoms. The maximum Gasteiger partial charge on any atom is 0.306 e. The lowest BCUT2D eigenvalue weighted by molar-refractivity contribution is -0.144. The van der Waals surface area contributed by atoms with E-state index in [1.54, 1.807) is 18.4 Å². The number of anilines is 1. The second-order valence-corrected chi connectivity index (χ2v) is 10.1. The first-order chi connectivity index (χ1) is 16.5. The maximum absolute atomic E-state index is 13.4. The molecule has 0 unspecified atom stereocenters. The number of carbonyl (C=O) groups is 2. The van der Waals surface area contributed by atoms with Crippen molar-refractivity contribution in [1.29, 1.82) is 0 Å². The molecule has 2 fully saturated rings. The first-order valence-corrected chi connectivity index (χ1v) is 12.7. The molecule has 4 rings (SSSR count). The van der Waals surface area contributed by atoms with Crippen LogP contribution in [0.25, 0.3) is 0 Å². The number of aryl methyl sites for hydroxylation is 1. The number of rotatable bonds is 8. The maximum atomic E-state index is 13.4. The van der Waals surface area contributed by atoms with E-state index in [-0.39, 0.29) is 23.3 Å². The molecule has 1 aliphatic heterocycles. The Kier molecular flexibility index (Phi) is 8.09. The number of hydrogen-bond acceptors (Lipinski definition) is 5. The number of methoxy groups -OCH3 is 1. The zero-order valence-corrected chi connectivity index (χ0v) is 20.6. The number of piperidine rings is 1. The van der Waals surface area contributed by atoms with Crippen LogP contribution in [-0.2, 0) is 9.53 Å². The van der Waals surface area contributed by atoms with E-state index in [0.29, 0.717) is 12.2 Å². The van der Waals surface area contributed by atoms with Gasteiger partial charge in [0.1, 0.15) is 0 Å². The van der Waals surface area contributed by atoms with Crippen LogP contribution in [0.2, 0.25) is 0 Å². The summed E-state index contributed by atoms with van der Waals surface area (Å²) in [4.78, 5) is 29.9. The van der Waals surface area contributed by atoms with Gasteiger partial charge in [-0.05, 0) is 75.3 Å². The van der Waals surface area contributed by atoms with Gasteiger partial charge in [-0.25, -0.2) is 0 Å². The first-order valence-electron chi connectivity index (χ1n) is 12.7. The first kappa shape index (κ1) is 24.5. The highest BCUT2D eigenvalue weighted by molar-refractivity contribution is 6.04. The molecule has 0 spiro atoms. The van der Waals surface area contributed by atoms with Crippen molar-refractivity contribution >= 4 is 17.6 Å². The zero-order chi connectivity index (χ0) is 24.0. The van der Waals surface area contributed by atoms with Gasteiger partial charge >= 0.3 is 5.97 Å². The van der Waals surface area contributed by atoms with Gasteiger partial charge in [0.05, 0.1) is 19.8 Å². The van der Waals surface area contributed by atoms with Gasteiger partial charge < -0.3 is 19.0 Å². The van der Waals surface area contributed by atoms with E-state index >= 15 is 0 Å². The molecule has 34 heavy (non-hydrogen) atoms. The van der Waals surface area contributed by atoms with Gasteiger partial charge in [-0.2, -0.15) is 0 Å². The molecule has 2 aromatic rings. The fourth-order valence-electron chi connectivity index (χ4n) is 5.71. The van der Waals surface area contributed by atoms with Gasteiger partial charge in [-0.1, -0.05) is 37.0 Å².